The number of hydrogen-bond donors (Lipinski definition) is 0. The summed E-state index contributed by atoms with van der Waals surface area (Å²) in [5.74, 6) is 2.37. The molecule has 0 unspecified atom stereocenters. The van der Waals surface area contributed by atoms with E-state index >= 15 is 0 Å². The van der Waals surface area contributed by atoms with Crippen molar-refractivity contribution < 1.29 is 4.79 Å². The molecule has 0 amide bonds. The molecular weight excluding hydrogens is 176 g/mol. The fraction of sp³-hybridized carbons (Fsp3) is 0.625. The zero-order valence-corrected chi connectivity index (χ0v) is 8.47. The molecule has 0 saturated carbocycles. The monoisotopic (exact) mass is 190 g/mol. The van der Waals surface area contributed by atoms with Crippen molar-refractivity contribution >= 4 is 27.4 Å². The Labute approximate surface area is 76.4 Å². The van der Waals surface area contributed by atoms with Gasteiger partial charge in [-0.25, -0.2) is 0 Å². The minimum absolute atomic E-state index is 0.159. The molecule has 64 valence electrons. The molecule has 1 nitrogen and oxygen atoms in total. The first kappa shape index (κ1) is 11.1. The van der Waals surface area contributed by atoms with Crippen molar-refractivity contribution in [2.75, 3.05) is 11.5 Å². The summed E-state index contributed by atoms with van der Waals surface area (Å²) in [5.41, 5.74) is 0. The van der Waals surface area contributed by atoms with Crippen molar-refractivity contribution in [3.63, 3.8) is 0 Å². The lowest BCUT2D eigenvalue weighted by molar-refractivity contribution is -0.114. The van der Waals surface area contributed by atoms with Crippen LogP contribution in [-0.4, -0.2) is 17.3 Å². The molecule has 11 heavy (non-hydrogen) atoms. The van der Waals surface area contributed by atoms with Crippen LogP contribution in [0.2, 0.25) is 0 Å². The Kier molecular flexibility index (Phi) is 8.29. The summed E-state index contributed by atoms with van der Waals surface area (Å²) in [6.45, 7) is 5.55. The maximum atomic E-state index is 10.7. The van der Waals surface area contributed by atoms with E-state index in [2.05, 4.69) is 13.5 Å². The smallest absolute Gasteiger partial charge is 0.155 e. The molecule has 0 aromatic heterocycles. The van der Waals surface area contributed by atoms with Gasteiger partial charge < -0.3 is 0 Å². The summed E-state index contributed by atoms with van der Waals surface area (Å²) in [5, 5.41) is 0. The normalized spacial score (nSPS) is 9.55. The van der Waals surface area contributed by atoms with Crippen molar-refractivity contribution in [1.29, 1.82) is 0 Å². The third-order valence-corrected chi connectivity index (χ3v) is 3.64. The zero-order chi connectivity index (χ0) is 8.53. The molecule has 0 spiro atoms. The van der Waals surface area contributed by atoms with Crippen LogP contribution in [-0.2, 0) is 4.79 Å². The molecule has 0 rings (SSSR count). The Morgan fingerprint density at radius 1 is 1.55 bits per heavy atom. The summed E-state index contributed by atoms with van der Waals surface area (Å²) in [6.07, 6.45) is 3.03. The summed E-state index contributed by atoms with van der Waals surface area (Å²) in [4.78, 5) is 10.7. The van der Waals surface area contributed by atoms with E-state index < -0.39 is 0 Å². The van der Waals surface area contributed by atoms with Crippen LogP contribution in [0.5, 0.6) is 0 Å². The van der Waals surface area contributed by atoms with E-state index in [0.717, 1.165) is 17.9 Å². The van der Waals surface area contributed by atoms with Gasteiger partial charge in [-0.15, -0.1) is 0 Å². The second kappa shape index (κ2) is 8.21. The van der Waals surface area contributed by atoms with E-state index in [1.54, 1.807) is 0 Å². The second-order valence-corrected chi connectivity index (χ2v) is 4.87. The fourth-order valence-corrected chi connectivity index (χ4v) is 2.30. The summed E-state index contributed by atoms with van der Waals surface area (Å²) in [6, 6.07) is 0. The van der Waals surface area contributed by atoms with Crippen LogP contribution in [0.15, 0.2) is 12.7 Å². The topological polar surface area (TPSA) is 17.1 Å². The predicted molar refractivity (Wildman–Crippen MR) is 55.0 cm³/mol. The molecule has 0 aromatic rings. The highest BCUT2D eigenvalue weighted by molar-refractivity contribution is 8.76. The Morgan fingerprint density at radius 2 is 2.27 bits per heavy atom. The molecule has 0 aliphatic rings. The van der Waals surface area contributed by atoms with E-state index in [9.17, 15) is 4.79 Å². The first-order chi connectivity index (χ1) is 5.31. The molecule has 0 bridgehead atoms. The van der Waals surface area contributed by atoms with Gasteiger partial charge in [-0.2, -0.15) is 0 Å². The Bertz CT molecular complexity index is 123. The molecule has 0 saturated heterocycles. The molecule has 0 heterocycles. The zero-order valence-electron chi connectivity index (χ0n) is 6.84. The van der Waals surface area contributed by atoms with Gasteiger partial charge >= 0.3 is 0 Å². The van der Waals surface area contributed by atoms with Gasteiger partial charge in [0.05, 0.1) is 0 Å². The van der Waals surface area contributed by atoms with Gasteiger partial charge in [0.15, 0.2) is 5.78 Å². The third-order valence-electron chi connectivity index (χ3n) is 1.08. The number of hydrogen-bond acceptors (Lipinski definition) is 3. The van der Waals surface area contributed by atoms with Crippen molar-refractivity contribution in [3.8, 4) is 0 Å². The lowest BCUT2D eigenvalue weighted by Gasteiger charge is -1.95. The number of carbonyl (C=O) groups is 1. The molecule has 0 aliphatic heterocycles. The summed E-state index contributed by atoms with van der Waals surface area (Å²) >= 11 is 0. The van der Waals surface area contributed by atoms with Crippen molar-refractivity contribution in [1.82, 2.24) is 0 Å². The van der Waals surface area contributed by atoms with Crippen LogP contribution < -0.4 is 0 Å². The molecule has 0 radical (unpaired) electrons. The van der Waals surface area contributed by atoms with E-state index in [0.29, 0.717) is 6.42 Å². The number of ketones is 1. The minimum atomic E-state index is 0.159. The van der Waals surface area contributed by atoms with E-state index in [1.165, 1.54) is 6.08 Å². The molecule has 0 aliphatic carbocycles. The van der Waals surface area contributed by atoms with Crippen LogP contribution in [0.3, 0.4) is 0 Å². The van der Waals surface area contributed by atoms with Gasteiger partial charge in [-0.3, -0.25) is 4.79 Å². The maximum absolute atomic E-state index is 10.7. The van der Waals surface area contributed by atoms with Crippen LogP contribution in [0.4, 0.5) is 0 Å². The first-order valence-corrected chi connectivity index (χ1v) is 6.19. The highest BCUT2D eigenvalue weighted by Gasteiger charge is 1.94. The first-order valence-electron chi connectivity index (χ1n) is 3.71. The van der Waals surface area contributed by atoms with E-state index in [-0.39, 0.29) is 5.78 Å². The highest BCUT2D eigenvalue weighted by Crippen LogP contribution is 2.21. The largest absolute Gasteiger partial charge is 0.295 e. The van der Waals surface area contributed by atoms with Gasteiger partial charge in [0.1, 0.15) is 0 Å². The van der Waals surface area contributed by atoms with Crippen molar-refractivity contribution in [3.05, 3.63) is 12.7 Å². The van der Waals surface area contributed by atoms with E-state index in [4.69, 9.17) is 0 Å². The second-order valence-electron chi connectivity index (χ2n) is 2.00. The quantitative estimate of drug-likeness (QED) is 0.349. The SMILES string of the molecule is C=CC(=O)CCCSSCC. The van der Waals surface area contributed by atoms with Crippen LogP contribution in [0.25, 0.3) is 0 Å². The Morgan fingerprint density at radius 3 is 2.82 bits per heavy atom. The number of allylic oxidation sites excluding steroid dienone is 1. The van der Waals surface area contributed by atoms with Gasteiger partial charge in [-0.1, -0.05) is 35.1 Å². The standard InChI is InChI=1S/C8H14OS2/c1-3-8(9)6-5-7-11-10-4-2/h3H,1,4-7H2,2H3. The van der Waals surface area contributed by atoms with E-state index in [1.807, 2.05) is 21.6 Å². The van der Waals surface area contributed by atoms with Gasteiger partial charge in [0.25, 0.3) is 0 Å². The molecular formula is C8H14OS2. The maximum Gasteiger partial charge on any atom is 0.155 e. The van der Waals surface area contributed by atoms with Gasteiger partial charge in [-0.05, 0) is 12.5 Å². The lowest BCUT2D eigenvalue weighted by Crippen LogP contribution is -1.91. The Balaban J connectivity index is 3.01. The van der Waals surface area contributed by atoms with Crippen LogP contribution >= 0.6 is 21.6 Å². The average molecular weight is 190 g/mol. The predicted octanol–water partition coefficient (Wildman–Crippen LogP) is 2.92. The Hall–Kier alpha value is 0.110. The molecule has 0 fully saturated rings. The average Bonchev–Trinajstić information content (AvgIpc) is 2.04. The van der Waals surface area contributed by atoms with Crippen molar-refractivity contribution in [2.24, 2.45) is 0 Å². The number of carbonyl (C=O) groups excluding carboxylic acids is 1. The molecule has 0 aromatic carbocycles. The fourth-order valence-electron chi connectivity index (χ4n) is 0.550. The molecule has 0 N–H and O–H groups in total. The van der Waals surface area contributed by atoms with Crippen LogP contribution in [0.1, 0.15) is 19.8 Å². The number of rotatable bonds is 7. The lowest BCUT2D eigenvalue weighted by atomic mass is 10.2. The van der Waals surface area contributed by atoms with Crippen LogP contribution in [0, 0.1) is 0 Å². The minimum Gasteiger partial charge on any atom is -0.295 e. The third kappa shape index (κ3) is 8.01. The molecule has 3 heteroatoms. The van der Waals surface area contributed by atoms with Gasteiger partial charge in [0, 0.05) is 17.9 Å². The summed E-state index contributed by atoms with van der Waals surface area (Å²) < 4.78 is 0. The molecule has 0 atom stereocenters. The highest BCUT2D eigenvalue weighted by atomic mass is 33.1. The summed E-state index contributed by atoms with van der Waals surface area (Å²) in [7, 11) is 3.68. The van der Waals surface area contributed by atoms with Gasteiger partial charge in [0.2, 0.25) is 0 Å². The van der Waals surface area contributed by atoms with Crippen molar-refractivity contribution in [2.45, 2.75) is 19.8 Å².